The summed E-state index contributed by atoms with van der Waals surface area (Å²) in [6.07, 6.45) is 7.11. The maximum Gasteiger partial charge on any atom is 0.166 e. The molecule has 0 amide bonds. The van der Waals surface area contributed by atoms with Gasteiger partial charge in [-0.25, -0.2) is 0 Å². The lowest BCUT2D eigenvalue weighted by molar-refractivity contribution is 0.372. The highest BCUT2D eigenvalue weighted by atomic mass is 32.2. The molecule has 0 aliphatic heterocycles. The molecular formula is C12H24N2S2. The molecule has 0 spiro atoms. The lowest BCUT2D eigenvalue weighted by atomic mass is 9.92. The van der Waals surface area contributed by atoms with Gasteiger partial charge < -0.3 is 10.6 Å². The van der Waals surface area contributed by atoms with Crippen molar-refractivity contribution < 1.29 is 0 Å². The van der Waals surface area contributed by atoms with E-state index in [0.717, 1.165) is 11.7 Å². The molecule has 1 rings (SSSR count). The van der Waals surface area contributed by atoms with E-state index in [1.54, 1.807) is 0 Å². The molecule has 4 heteroatoms. The summed E-state index contributed by atoms with van der Waals surface area (Å²) in [6, 6.07) is 0.579. The van der Waals surface area contributed by atoms with E-state index in [-0.39, 0.29) is 0 Å². The molecule has 1 aliphatic rings. The molecule has 94 valence electrons. The zero-order valence-corrected chi connectivity index (χ0v) is 12.3. The minimum atomic E-state index is 0.492. The first kappa shape index (κ1) is 14.1. The first-order chi connectivity index (χ1) is 7.53. The minimum absolute atomic E-state index is 0.492. The zero-order chi connectivity index (χ0) is 12.0. The molecule has 0 aromatic carbocycles. The van der Waals surface area contributed by atoms with Gasteiger partial charge in [0.05, 0.1) is 0 Å². The molecule has 0 radical (unpaired) electrons. The fourth-order valence-corrected chi connectivity index (χ4v) is 2.92. The smallest absolute Gasteiger partial charge is 0.166 e. The van der Waals surface area contributed by atoms with Gasteiger partial charge in [0.2, 0.25) is 0 Å². The van der Waals surface area contributed by atoms with Gasteiger partial charge in [0.15, 0.2) is 5.11 Å². The van der Waals surface area contributed by atoms with E-state index in [9.17, 15) is 0 Å². The third-order valence-corrected chi connectivity index (χ3v) is 4.07. The van der Waals surface area contributed by atoms with Gasteiger partial charge in [-0.2, -0.15) is 11.8 Å². The molecule has 2 N–H and O–H groups in total. The summed E-state index contributed by atoms with van der Waals surface area (Å²) in [6.45, 7) is 5.66. The van der Waals surface area contributed by atoms with Crippen LogP contribution in [0.4, 0.5) is 0 Å². The normalized spacial score (nSPS) is 23.1. The Balaban J connectivity index is 2.11. The van der Waals surface area contributed by atoms with Gasteiger partial charge in [-0.1, -0.05) is 13.8 Å². The SMILES string of the molecule is CSCCCNC(=S)NC1CCC(C)(C)C1. The van der Waals surface area contributed by atoms with Crippen molar-refractivity contribution in [1.29, 1.82) is 0 Å². The number of thioether (sulfide) groups is 1. The largest absolute Gasteiger partial charge is 0.363 e. The highest BCUT2D eigenvalue weighted by Crippen LogP contribution is 2.36. The molecule has 16 heavy (non-hydrogen) atoms. The van der Waals surface area contributed by atoms with E-state index in [4.69, 9.17) is 12.2 Å². The van der Waals surface area contributed by atoms with E-state index in [2.05, 4.69) is 30.7 Å². The number of hydrogen-bond donors (Lipinski definition) is 2. The Morgan fingerprint density at radius 1 is 1.50 bits per heavy atom. The zero-order valence-electron chi connectivity index (χ0n) is 10.6. The summed E-state index contributed by atoms with van der Waals surface area (Å²) in [7, 11) is 0. The predicted octanol–water partition coefficient (Wildman–Crippen LogP) is 2.78. The molecule has 2 nitrogen and oxygen atoms in total. The molecule has 0 saturated heterocycles. The molecule has 1 aliphatic carbocycles. The Bertz CT molecular complexity index is 229. The van der Waals surface area contributed by atoms with Crippen LogP contribution in [0.3, 0.4) is 0 Å². The van der Waals surface area contributed by atoms with Crippen molar-refractivity contribution in [2.45, 2.75) is 45.6 Å². The van der Waals surface area contributed by atoms with Gasteiger partial charge in [0, 0.05) is 12.6 Å². The second kappa shape index (κ2) is 6.70. The number of thiocarbonyl (C=S) groups is 1. The number of hydrogen-bond acceptors (Lipinski definition) is 2. The second-order valence-corrected chi connectivity index (χ2v) is 6.74. The fourth-order valence-electron chi connectivity index (χ4n) is 2.21. The average molecular weight is 260 g/mol. The van der Waals surface area contributed by atoms with Crippen molar-refractivity contribution in [3.8, 4) is 0 Å². The van der Waals surface area contributed by atoms with Crippen molar-refractivity contribution in [3.05, 3.63) is 0 Å². The molecule has 1 atom stereocenters. The molecule has 1 saturated carbocycles. The quantitative estimate of drug-likeness (QED) is 0.586. The Morgan fingerprint density at radius 3 is 2.81 bits per heavy atom. The van der Waals surface area contributed by atoms with Gasteiger partial charge in [0.1, 0.15) is 0 Å². The van der Waals surface area contributed by atoms with Crippen molar-refractivity contribution in [1.82, 2.24) is 10.6 Å². The Hall–Kier alpha value is 0.0400. The second-order valence-electron chi connectivity index (χ2n) is 5.35. The lowest BCUT2D eigenvalue weighted by Gasteiger charge is -2.19. The first-order valence-corrected chi connectivity index (χ1v) is 7.87. The lowest BCUT2D eigenvalue weighted by Crippen LogP contribution is -2.41. The van der Waals surface area contributed by atoms with Gasteiger partial charge in [-0.15, -0.1) is 0 Å². The van der Waals surface area contributed by atoms with Crippen molar-refractivity contribution >= 4 is 29.1 Å². The van der Waals surface area contributed by atoms with Crippen LogP contribution >= 0.6 is 24.0 Å². The molecule has 0 aromatic rings. The van der Waals surface area contributed by atoms with Gasteiger partial charge in [-0.3, -0.25) is 0 Å². The van der Waals surface area contributed by atoms with E-state index < -0.39 is 0 Å². The van der Waals surface area contributed by atoms with E-state index in [1.807, 2.05) is 11.8 Å². The van der Waals surface area contributed by atoms with Crippen LogP contribution in [-0.2, 0) is 0 Å². The molecular weight excluding hydrogens is 236 g/mol. The molecule has 0 aromatic heterocycles. The van der Waals surface area contributed by atoms with Crippen LogP contribution in [-0.4, -0.2) is 29.7 Å². The number of nitrogens with one attached hydrogen (secondary N) is 2. The maximum atomic E-state index is 5.29. The summed E-state index contributed by atoms with van der Waals surface area (Å²) in [5.41, 5.74) is 0.492. The van der Waals surface area contributed by atoms with Gasteiger partial charge in [-0.05, 0) is 55.3 Å². The van der Waals surface area contributed by atoms with Crippen LogP contribution in [0.25, 0.3) is 0 Å². The van der Waals surface area contributed by atoms with Crippen molar-refractivity contribution in [2.75, 3.05) is 18.6 Å². The van der Waals surface area contributed by atoms with Gasteiger partial charge >= 0.3 is 0 Å². The monoisotopic (exact) mass is 260 g/mol. The van der Waals surface area contributed by atoms with Crippen LogP contribution < -0.4 is 10.6 Å². The standard InChI is InChI=1S/C12H24N2S2/c1-12(2)6-5-10(9-12)14-11(15)13-7-4-8-16-3/h10H,4-9H2,1-3H3,(H2,13,14,15). The van der Waals surface area contributed by atoms with E-state index >= 15 is 0 Å². The van der Waals surface area contributed by atoms with Crippen LogP contribution in [0.15, 0.2) is 0 Å². The summed E-state index contributed by atoms with van der Waals surface area (Å²) < 4.78 is 0. The molecule has 0 heterocycles. The Morgan fingerprint density at radius 2 is 2.25 bits per heavy atom. The third-order valence-electron chi connectivity index (χ3n) is 3.11. The van der Waals surface area contributed by atoms with Crippen LogP contribution in [0.1, 0.15) is 39.5 Å². The maximum absolute atomic E-state index is 5.29. The summed E-state index contributed by atoms with van der Waals surface area (Å²) in [5.74, 6) is 1.20. The summed E-state index contributed by atoms with van der Waals surface area (Å²) in [5, 5.41) is 7.54. The fraction of sp³-hybridized carbons (Fsp3) is 0.917. The highest BCUT2D eigenvalue weighted by Gasteiger charge is 2.30. The van der Waals surface area contributed by atoms with Crippen LogP contribution in [0.5, 0.6) is 0 Å². The van der Waals surface area contributed by atoms with Crippen LogP contribution in [0.2, 0.25) is 0 Å². The summed E-state index contributed by atoms with van der Waals surface area (Å²) in [4.78, 5) is 0. The van der Waals surface area contributed by atoms with Gasteiger partial charge in [0.25, 0.3) is 0 Å². The first-order valence-electron chi connectivity index (χ1n) is 6.07. The molecule has 0 bridgehead atoms. The van der Waals surface area contributed by atoms with E-state index in [1.165, 1.54) is 31.4 Å². The van der Waals surface area contributed by atoms with E-state index in [0.29, 0.717) is 11.5 Å². The van der Waals surface area contributed by atoms with Crippen molar-refractivity contribution in [2.24, 2.45) is 5.41 Å². The van der Waals surface area contributed by atoms with Crippen molar-refractivity contribution in [3.63, 3.8) is 0 Å². The molecule has 1 unspecified atom stereocenters. The topological polar surface area (TPSA) is 24.1 Å². The third kappa shape index (κ3) is 5.39. The average Bonchev–Trinajstić information content (AvgIpc) is 2.53. The molecule has 1 fully saturated rings. The Labute approximate surface area is 109 Å². The summed E-state index contributed by atoms with van der Waals surface area (Å²) >= 11 is 7.17. The predicted molar refractivity (Wildman–Crippen MR) is 78.2 cm³/mol. The number of rotatable bonds is 5. The minimum Gasteiger partial charge on any atom is -0.363 e. The Kier molecular flexibility index (Phi) is 5.90. The van der Waals surface area contributed by atoms with Crippen LogP contribution in [0, 0.1) is 5.41 Å². The highest BCUT2D eigenvalue weighted by molar-refractivity contribution is 7.98.